The van der Waals surface area contributed by atoms with Crippen LogP contribution in [0.1, 0.15) is 50.6 Å². The fraction of sp³-hybridized carbons (Fsp3) is 0.647. The molecule has 0 amide bonds. The van der Waals surface area contributed by atoms with Gasteiger partial charge >= 0.3 is 0 Å². The van der Waals surface area contributed by atoms with E-state index in [-0.39, 0.29) is 18.2 Å². The van der Waals surface area contributed by atoms with Crippen LogP contribution in [0.3, 0.4) is 0 Å². The Labute approximate surface area is 132 Å². The lowest BCUT2D eigenvalue weighted by Crippen LogP contribution is -2.51. The molecule has 116 valence electrons. The molecule has 2 aliphatic heterocycles. The third-order valence-electron chi connectivity index (χ3n) is 5.19. The monoisotopic (exact) mass is 308 g/mol. The van der Waals surface area contributed by atoms with Gasteiger partial charge in [-0.3, -0.25) is 4.90 Å². The molecule has 2 aliphatic rings. The van der Waals surface area contributed by atoms with Gasteiger partial charge in [-0.15, -0.1) is 0 Å². The number of rotatable bonds is 4. The summed E-state index contributed by atoms with van der Waals surface area (Å²) < 4.78 is 0. The third kappa shape index (κ3) is 2.85. The summed E-state index contributed by atoms with van der Waals surface area (Å²) in [6.07, 6.45) is 4.84. The molecule has 1 aromatic carbocycles. The van der Waals surface area contributed by atoms with Gasteiger partial charge in [0.15, 0.2) is 0 Å². The van der Waals surface area contributed by atoms with E-state index in [9.17, 15) is 5.11 Å². The van der Waals surface area contributed by atoms with Gasteiger partial charge in [-0.25, -0.2) is 0 Å². The predicted octanol–water partition coefficient (Wildman–Crippen LogP) is 3.11. The van der Waals surface area contributed by atoms with Gasteiger partial charge in [0.2, 0.25) is 0 Å². The average Bonchev–Trinajstić information content (AvgIpc) is 2.73. The summed E-state index contributed by atoms with van der Waals surface area (Å²) in [5.41, 5.74) is 7.61. The highest BCUT2D eigenvalue weighted by Crippen LogP contribution is 2.44. The highest BCUT2D eigenvalue weighted by atomic mass is 35.5. The predicted molar refractivity (Wildman–Crippen MR) is 86.3 cm³/mol. The van der Waals surface area contributed by atoms with E-state index in [0.717, 1.165) is 29.8 Å². The van der Waals surface area contributed by atoms with E-state index in [1.165, 1.54) is 12.8 Å². The molecule has 4 unspecified atom stereocenters. The van der Waals surface area contributed by atoms with Gasteiger partial charge in [0.25, 0.3) is 0 Å². The van der Waals surface area contributed by atoms with Crippen molar-refractivity contribution in [1.29, 1.82) is 0 Å². The van der Waals surface area contributed by atoms with E-state index in [4.69, 9.17) is 17.3 Å². The smallest absolute Gasteiger partial charge is 0.0570 e. The number of hydrogen-bond acceptors (Lipinski definition) is 3. The summed E-state index contributed by atoms with van der Waals surface area (Å²) in [5, 5.41) is 10.8. The van der Waals surface area contributed by atoms with Crippen molar-refractivity contribution in [3.63, 3.8) is 0 Å². The van der Waals surface area contributed by atoms with Gasteiger partial charge in [-0.1, -0.05) is 36.7 Å². The Hall–Kier alpha value is -0.610. The Bertz CT molecular complexity index is 481. The molecule has 0 spiro atoms. The molecule has 4 atom stereocenters. The third-order valence-corrected chi connectivity index (χ3v) is 5.53. The second-order valence-electron chi connectivity index (χ2n) is 6.50. The molecule has 0 radical (unpaired) electrons. The highest BCUT2D eigenvalue weighted by Gasteiger charge is 2.45. The minimum absolute atomic E-state index is 0.0724. The van der Waals surface area contributed by atoms with E-state index >= 15 is 0 Å². The lowest BCUT2D eigenvalue weighted by Gasteiger charge is -2.45. The van der Waals surface area contributed by atoms with Crippen LogP contribution in [0.4, 0.5) is 0 Å². The fourth-order valence-corrected chi connectivity index (χ4v) is 4.44. The van der Waals surface area contributed by atoms with Crippen LogP contribution in [-0.4, -0.2) is 34.2 Å². The zero-order valence-electron chi connectivity index (χ0n) is 12.6. The maximum Gasteiger partial charge on any atom is 0.0570 e. The number of hydrogen-bond donors (Lipinski definition) is 2. The van der Waals surface area contributed by atoms with Crippen LogP contribution in [0.2, 0.25) is 5.02 Å². The van der Waals surface area contributed by atoms with E-state index in [0.29, 0.717) is 12.1 Å². The quantitative estimate of drug-likeness (QED) is 0.898. The first-order valence-corrected chi connectivity index (χ1v) is 8.45. The van der Waals surface area contributed by atoms with Crippen LogP contribution < -0.4 is 5.73 Å². The zero-order chi connectivity index (χ0) is 15.0. The number of piperidine rings is 1. The molecule has 2 saturated heterocycles. The molecular formula is C17H25ClN2O. The van der Waals surface area contributed by atoms with Crippen LogP contribution in [0.5, 0.6) is 0 Å². The van der Waals surface area contributed by atoms with Crippen LogP contribution in [-0.2, 0) is 0 Å². The second-order valence-corrected chi connectivity index (χ2v) is 6.90. The van der Waals surface area contributed by atoms with Crippen molar-refractivity contribution >= 4 is 11.6 Å². The molecule has 21 heavy (non-hydrogen) atoms. The largest absolute Gasteiger partial charge is 0.393 e. The van der Waals surface area contributed by atoms with Gasteiger partial charge in [-0.05, 0) is 43.7 Å². The number of nitrogens with zero attached hydrogens (tertiary/aromatic N) is 1. The summed E-state index contributed by atoms with van der Waals surface area (Å²) in [6.45, 7) is 2.13. The Morgan fingerprint density at radius 3 is 2.48 bits per heavy atom. The molecule has 1 aromatic rings. The van der Waals surface area contributed by atoms with E-state index in [1.807, 2.05) is 18.2 Å². The van der Waals surface area contributed by atoms with Gasteiger partial charge in [-0.2, -0.15) is 0 Å². The molecule has 4 heteroatoms. The maximum absolute atomic E-state index is 10.0. The number of halogens is 1. The van der Waals surface area contributed by atoms with Crippen molar-refractivity contribution in [2.75, 3.05) is 0 Å². The van der Waals surface area contributed by atoms with E-state index in [2.05, 4.69) is 17.9 Å². The lowest BCUT2D eigenvalue weighted by atomic mass is 9.90. The van der Waals surface area contributed by atoms with Gasteiger partial charge in [0.1, 0.15) is 0 Å². The Balaban J connectivity index is 1.96. The molecule has 2 heterocycles. The van der Waals surface area contributed by atoms with Gasteiger partial charge < -0.3 is 10.8 Å². The number of aliphatic hydroxyl groups excluding tert-OH is 1. The summed E-state index contributed by atoms with van der Waals surface area (Å²) >= 11 is 6.45. The van der Waals surface area contributed by atoms with Gasteiger partial charge in [0.05, 0.1) is 12.1 Å². The average molecular weight is 309 g/mol. The van der Waals surface area contributed by atoms with Crippen molar-refractivity contribution in [3.8, 4) is 0 Å². The normalized spacial score (nSPS) is 32.1. The summed E-state index contributed by atoms with van der Waals surface area (Å²) in [6, 6.07) is 9.18. The zero-order valence-corrected chi connectivity index (χ0v) is 13.3. The molecule has 3 rings (SSSR count). The summed E-state index contributed by atoms with van der Waals surface area (Å²) in [5.74, 6) is 0. The summed E-state index contributed by atoms with van der Waals surface area (Å²) in [7, 11) is 0. The molecule has 3 nitrogen and oxygen atoms in total. The maximum atomic E-state index is 10.0. The first-order valence-electron chi connectivity index (χ1n) is 8.07. The summed E-state index contributed by atoms with van der Waals surface area (Å²) in [4.78, 5) is 2.56. The minimum atomic E-state index is -0.150. The molecular weight excluding hydrogens is 284 g/mol. The van der Waals surface area contributed by atoms with Crippen LogP contribution in [0.25, 0.3) is 0 Å². The SMILES string of the molecule is CCC(N)C(c1ccccc1Cl)N1C2CCC1CC(O)C2. The van der Waals surface area contributed by atoms with E-state index < -0.39 is 0 Å². The van der Waals surface area contributed by atoms with Crippen LogP contribution >= 0.6 is 11.6 Å². The molecule has 2 bridgehead atoms. The molecule has 0 aromatic heterocycles. The topological polar surface area (TPSA) is 49.5 Å². The minimum Gasteiger partial charge on any atom is -0.393 e. The molecule has 0 aliphatic carbocycles. The standard InChI is InChI=1S/C17H25ClN2O/c1-2-16(19)17(14-5-3-4-6-15(14)18)20-11-7-8-12(20)10-13(21)9-11/h3-6,11-13,16-17,21H,2,7-10,19H2,1H3. The van der Waals surface area contributed by atoms with Crippen molar-refractivity contribution in [2.24, 2.45) is 5.73 Å². The Kier molecular flexibility index (Phi) is 4.55. The van der Waals surface area contributed by atoms with Crippen molar-refractivity contribution in [3.05, 3.63) is 34.9 Å². The van der Waals surface area contributed by atoms with Crippen molar-refractivity contribution in [2.45, 2.75) is 69.3 Å². The van der Waals surface area contributed by atoms with Crippen LogP contribution in [0.15, 0.2) is 24.3 Å². The number of aliphatic hydroxyl groups is 1. The molecule has 2 fully saturated rings. The molecule has 0 saturated carbocycles. The fourth-order valence-electron chi connectivity index (χ4n) is 4.19. The first kappa shape index (κ1) is 15.3. The van der Waals surface area contributed by atoms with Crippen LogP contribution in [0, 0.1) is 0 Å². The number of nitrogens with two attached hydrogens (primary N) is 1. The molecule has 3 N–H and O–H groups in total. The highest BCUT2D eigenvalue weighted by molar-refractivity contribution is 6.31. The van der Waals surface area contributed by atoms with Gasteiger partial charge in [0, 0.05) is 23.1 Å². The number of benzene rings is 1. The van der Waals surface area contributed by atoms with E-state index in [1.54, 1.807) is 0 Å². The lowest BCUT2D eigenvalue weighted by molar-refractivity contribution is 0.00235. The number of fused-ring (bicyclic) bond motifs is 2. The first-order chi connectivity index (χ1) is 10.1. The Morgan fingerprint density at radius 2 is 1.90 bits per heavy atom. The van der Waals surface area contributed by atoms with Crippen molar-refractivity contribution < 1.29 is 5.11 Å². The second kappa shape index (κ2) is 6.25. The van der Waals surface area contributed by atoms with Crippen molar-refractivity contribution in [1.82, 2.24) is 4.90 Å². The Morgan fingerprint density at radius 1 is 1.29 bits per heavy atom.